The second-order valence-corrected chi connectivity index (χ2v) is 3.29. The van der Waals surface area contributed by atoms with Gasteiger partial charge in [0.05, 0.1) is 0 Å². The average Bonchev–Trinajstić information content (AvgIpc) is 1.85. The fourth-order valence-electron chi connectivity index (χ4n) is 0.770. The van der Waals surface area contributed by atoms with E-state index in [-0.39, 0.29) is 0 Å². The van der Waals surface area contributed by atoms with Crippen molar-refractivity contribution in [2.45, 2.75) is 6.92 Å². The van der Waals surface area contributed by atoms with E-state index in [2.05, 4.69) is 4.98 Å². The normalized spacial score (nSPS) is 9.64. The predicted octanol–water partition coefficient (Wildman–Crippen LogP) is 1.09. The van der Waals surface area contributed by atoms with Gasteiger partial charge in [0.25, 0.3) is 0 Å². The Labute approximate surface area is 78.1 Å². The third-order valence-electron chi connectivity index (χ3n) is 1.21. The van der Waals surface area contributed by atoms with Crippen molar-refractivity contribution in [1.29, 1.82) is 0 Å². The van der Waals surface area contributed by atoms with Crippen LogP contribution in [-0.4, -0.2) is 10.9 Å². The molecule has 1 heterocycles. The molecule has 1 rings (SSSR count). The van der Waals surface area contributed by atoms with E-state index in [1.54, 1.807) is 12.1 Å². The average molecular weight is 262 g/mol. The summed E-state index contributed by atoms with van der Waals surface area (Å²) in [6.07, 6.45) is 0. The second kappa shape index (κ2) is 3.17. The lowest BCUT2D eigenvalue weighted by Crippen LogP contribution is -2.11. The van der Waals surface area contributed by atoms with Gasteiger partial charge in [-0.2, -0.15) is 0 Å². The molecule has 0 radical (unpaired) electrons. The van der Waals surface area contributed by atoms with E-state index in [1.807, 2.05) is 29.5 Å². The maximum Gasteiger partial charge on any atom is 0.248 e. The Morgan fingerprint density at radius 1 is 1.64 bits per heavy atom. The summed E-state index contributed by atoms with van der Waals surface area (Å²) in [4.78, 5) is 14.8. The Bertz CT molecular complexity index is 278. The molecule has 11 heavy (non-hydrogen) atoms. The summed E-state index contributed by atoms with van der Waals surface area (Å²) in [6.45, 7) is 1.83. The summed E-state index contributed by atoms with van der Waals surface area (Å²) in [6, 6.07) is 3.33. The lowest BCUT2D eigenvalue weighted by molar-refractivity contribution is 0.1000. The van der Waals surface area contributed by atoms with Crippen molar-refractivity contribution < 1.29 is 4.79 Å². The van der Waals surface area contributed by atoms with Gasteiger partial charge in [0.2, 0.25) is 5.91 Å². The van der Waals surface area contributed by atoms with Crippen LogP contribution in [0.5, 0.6) is 0 Å². The predicted molar refractivity (Wildman–Crippen MR) is 50.2 cm³/mol. The van der Waals surface area contributed by atoms with Gasteiger partial charge in [0.1, 0.15) is 3.70 Å². The minimum Gasteiger partial charge on any atom is -0.366 e. The van der Waals surface area contributed by atoms with Crippen LogP contribution in [-0.2, 0) is 0 Å². The number of aryl methyl sites for hydroxylation is 1. The van der Waals surface area contributed by atoms with E-state index in [0.29, 0.717) is 5.56 Å². The molecule has 0 spiro atoms. The lowest BCUT2D eigenvalue weighted by Gasteiger charge is -1.97. The van der Waals surface area contributed by atoms with E-state index in [4.69, 9.17) is 5.73 Å². The Morgan fingerprint density at radius 3 is 2.73 bits per heavy atom. The highest BCUT2D eigenvalue weighted by atomic mass is 127. The first-order valence-electron chi connectivity index (χ1n) is 3.03. The maximum absolute atomic E-state index is 10.7. The molecule has 1 aromatic rings. The van der Waals surface area contributed by atoms with E-state index in [0.717, 1.165) is 9.39 Å². The molecule has 0 unspecified atom stereocenters. The van der Waals surface area contributed by atoms with Gasteiger partial charge in [-0.25, -0.2) is 4.98 Å². The number of halogens is 1. The largest absolute Gasteiger partial charge is 0.366 e. The van der Waals surface area contributed by atoms with Crippen LogP contribution in [0.4, 0.5) is 0 Å². The highest BCUT2D eigenvalue weighted by Gasteiger charge is 2.01. The lowest BCUT2D eigenvalue weighted by atomic mass is 10.2. The Balaban J connectivity index is 3.19. The van der Waals surface area contributed by atoms with Crippen LogP contribution in [0.2, 0.25) is 0 Å². The van der Waals surface area contributed by atoms with Crippen LogP contribution in [0.15, 0.2) is 12.1 Å². The molecule has 0 atom stereocenters. The fourth-order valence-corrected chi connectivity index (χ4v) is 1.49. The molecule has 4 heteroatoms. The van der Waals surface area contributed by atoms with E-state index >= 15 is 0 Å². The molecular formula is C7H7IN2O. The number of amides is 1. The van der Waals surface area contributed by atoms with Crippen LogP contribution in [0.3, 0.4) is 0 Å². The van der Waals surface area contributed by atoms with E-state index < -0.39 is 5.91 Å². The standard InChI is InChI=1S/C7H7IN2O/c1-4-2-5(7(9)11)3-6(8)10-4/h2-3H,1H3,(H2,9,11). The molecule has 0 aromatic carbocycles. The third kappa shape index (κ3) is 2.14. The minimum atomic E-state index is -0.409. The Hall–Kier alpha value is -0.650. The number of carbonyl (C=O) groups excluding carboxylic acids is 1. The number of aromatic nitrogens is 1. The van der Waals surface area contributed by atoms with Crippen LogP contribution >= 0.6 is 22.6 Å². The SMILES string of the molecule is Cc1cc(C(N)=O)cc(I)n1. The summed E-state index contributed by atoms with van der Waals surface area (Å²) in [5.74, 6) is -0.409. The maximum atomic E-state index is 10.7. The highest BCUT2D eigenvalue weighted by molar-refractivity contribution is 14.1. The van der Waals surface area contributed by atoms with Gasteiger partial charge in [-0.3, -0.25) is 4.79 Å². The number of rotatable bonds is 1. The van der Waals surface area contributed by atoms with Crippen molar-refractivity contribution >= 4 is 28.5 Å². The quantitative estimate of drug-likeness (QED) is 0.608. The van der Waals surface area contributed by atoms with Crippen molar-refractivity contribution in [2.24, 2.45) is 5.73 Å². The van der Waals surface area contributed by atoms with Crippen molar-refractivity contribution in [1.82, 2.24) is 4.98 Å². The molecule has 3 nitrogen and oxygen atoms in total. The van der Waals surface area contributed by atoms with Crippen molar-refractivity contribution in [2.75, 3.05) is 0 Å². The first-order valence-corrected chi connectivity index (χ1v) is 4.11. The molecule has 1 amide bonds. The van der Waals surface area contributed by atoms with Crippen LogP contribution in [0.25, 0.3) is 0 Å². The summed E-state index contributed by atoms with van der Waals surface area (Å²) >= 11 is 2.05. The molecule has 0 aliphatic carbocycles. The molecular weight excluding hydrogens is 255 g/mol. The number of hydrogen-bond acceptors (Lipinski definition) is 2. The van der Waals surface area contributed by atoms with Crippen LogP contribution in [0, 0.1) is 10.6 Å². The summed E-state index contributed by atoms with van der Waals surface area (Å²) in [5, 5.41) is 0. The first-order chi connectivity index (χ1) is 5.09. The van der Waals surface area contributed by atoms with Gasteiger partial charge in [-0.15, -0.1) is 0 Å². The zero-order chi connectivity index (χ0) is 8.43. The summed E-state index contributed by atoms with van der Waals surface area (Å²) in [5.41, 5.74) is 6.41. The summed E-state index contributed by atoms with van der Waals surface area (Å²) in [7, 11) is 0. The smallest absolute Gasteiger partial charge is 0.248 e. The van der Waals surface area contributed by atoms with Gasteiger partial charge < -0.3 is 5.73 Å². The van der Waals surface area contributed by atoms with Gasteiger partial charge in [-0.1, -0.05) is 0 Å². The molecule has 1 aromatic heterocycles. The molecule has 2 N–H and O–H groups in total. The number of pyridine rings is 1. The topological polar surface area (TPSA) is 56.0 Å². The number of primary amides is 1. The van der Waals surface area contributed by atoms with Gasteiger partial charge in [-0.05, 0) is 41.6 Å². The van der Waals surface area contributed by atoms with E-state index in [9.17, 15) is 4.79 Å². The zero-order valence-corrected chi connectivity index (χ0v) is 8.12. The number of nitrogens with two attached hydrogens (primary N) is 1. The van der Waals surface area contributed by atoms with Crippen molar-refractivity contribution in [3.8, 4) is 0 Å². The molecule has 0 aliphatic rings. The van der Waals surface area contributed by atoms with E-state index in [1.165, 1.54) is 0 Å². The van der Waals surface area contributed by atoms with Gasteiger partial charge >= 0.3 is 0 Å². The number of nitrogens with zero attached hydrogens (tertiary/aromatic N) is 1. The minimum absolute atomic E-state index is 0.409. The van der Waals surface area contributed by atoms with Crippen LogP contribution < -0.4 is 5.73 Å². The summed E-state index contributed by atoms with van der Waals surface area (Å²) < 4.78 is 0.788. The second-order valence-electron chi connectivity index (χ2n) is 2.18. The molecule has 58 valence electrons. The molecule has 0 saturated heterocycles. The fraction of sp³-hybridized carbons (Fsp3) is 0.143. The van der Waals surface area contributed by atoms with Crippen molar-refractivity contribution in [3.05, 3.63) is 27.1 Å². The zero-order valence-electron chi connectivity index (χ0n) is 5.97. The molecule has 0 bridgehead atoms. The molecule has 0 saturated carbocycles. The Kier molecular flexibility index (Phi) is 2.43. The van der Waals surface area contributed by atoms with Crippen LogP contribution in [0.1, 0.15) is 16.1 Å². The monoisotopic (exact) mass is 262 g/mol. The number of hydrogen-bond donors (Lipinski definition) is 1. The Morgan fingerprint density at radius 2 is 2.27 bits per heavy atom. The third-order valence-corrected chi connectivity index (χ3v) is 1.76. The van der Waals surface area contributed by atoms with Gasteiger partial charge in [0, 0.05) is 11.3 Å². The van der Waals surface area contributed by atoms with Crippen molar-refractivity contribution in [3.63, 3.8) is 0 Å². The van der Waals surface area contributed by atoms with Gasteiger partial charge in [0.15, 0.2) is 0 Å². The molecule has 0 fully saturated rings. The highest BCUT2D eigenvalue weighted by Crippen LogP contribution is 2.06. The molecule has 0 aliphatic heterocycles. The first kappa shape index (κ1) is 8.45. The number of carbonyl (C=O) groups is 1.